The molecule has 3 heteroatoms. The van der Waals surface area contributed by atoms with Gasteiger partial charge in [-0.1, -0.05) is 6.92 Å². The van der Waals surface area contributed by atoms with Crippen LogP contribution in [-0.2, 0) is 0 Å². The number of pyridine rings is 1. The molecule has 0 aromatic carbocycles. The molecule has 0 atom stereocenters. The van der Waals surface area contributed by atoms with Crippen LogP contribution in [0.1, 0.15) is 30.1 Å². The Bertz CT molecular complexity index is 268. The average Bonchev–Trinajstić information content (AvgIpc) is 2.90. The van der Waals surface area contributed by atoms with Gasteiger partial charge in [0, 0.05) is 12.4 Å². The van der Waals surface area contributed by atoms with E-state index in [-0.39, 0.29) is 0 Å². The Morgan fingerprint density at radius 2 is 2.15 bits per heavy atom. The second-order valence-corrected chi connectivity index (χ2v) is 3.06. The molecule has 0 spiro atoms. The molecule has 1 amide bonds. The molecular weight excluding hydrogens is 164 g/mol. The summed E-state index contributed by atoms with van der Waals surface area (Å²) in [6, 6.07) is 3.29. The average molecular weight is 177 g/mol. The third-order valence-electron chi connectivity index (χ3n) is 1.70. The van der Waals surface area contributed by atoms with Gasteiger partial charge >= 0.3 is 0 Å². The maximum Gasteiger partial charge on any atom is 0.250 e. The first-order valence-electron chi connectivity index (χ1n) is 4.21. The molecule has 1 aromatic rings. The normalized spacial score (nSPS) is 14.2. The molecule has 1 saturated carbocycles. The zero-order chi connectivity index (χ0) is 9.68. The maximum absolute atomic E-state index is 10.4. The summed E-state index contributed by atoms with van der Waals surface area (Å²) in [6.45, 7) is 2.19. The summed E-state index contributed by atoms with van der Waals surface area (Å²) >= 11 is 0. The number of amides is 1. The first kappa shape index (κ1) is 9.71. The summed E-state index contributed by atoms with van der Waals surface area (Å²) in [5.74, 6) is 1.23. The Morgan fingerprint density at radius 3 is 2.38 bits per heavy atom. The van der Waals surface area contributed by atoms with E-state index in [4.69, 9.17) is 5.73 Å². The molecule has 3 nitrogen and oxygen atoms in total. The second-order valence-electron chi connectivity index (χ2n) is 3.06. The summed E-state index contributed by atoms with van der Waals surface area (Å²) in [7, 11) is 0. The number of carbonyl (C=O) groups excluding carboxylic acids is 1. The quantitative estimate of drug-likeness (QED) is 0.707. The SMILES string of the molecule is C[C]1CC1.NC(=O)c1cccnc1. The highest BCUT2D eigenvalue weighted by atomic mass is 16.1. The summed E-state index contributed by atoms with van der Waals surface area (Å²) in [5, 5.41) is 0. The van der Waals surface area contributed by atoms with Crippen LogP contribution in [-0.4, -0.2) is 10.9 Å². The zero-order valence-corrected chi connectivity index (χ0v) is 7.66. The number of aromatic nitrogens is 1. The van der Waals surface area contributed by atoms with Gasteiger partial charge in [0.15, 0.2) is 0 Å². The predicted molar refractivity (Wildman–Crippen MR) is 50.9 cm³/mol. The van der Waals surface area contributed by atoms with E-state index >= 15 is 0 Å². The van der Waals surface area contributed by atoms with Crippen LogP contribution in [0.3, 0.4) is 0 Å². The third kappa shape index (κ3) is 4.25. The van der Waals surface area contributed by atoms with Crippen molar-refractivity contribution in [1.29, 1.82) is 0 Å². The highest BCUT2D eigenvalue weighted by molar-refractivity contribution is 5.92. The number of hydrogen-bond acceptors (Lipinski definition) is 2. The minimum atomic E-state index is -0.442. The first-order chi connectivity index (χ1) is 6.20. The monoisotopic (exact) mass is 177 g/mol. The van der Waals surface area contributed by atoms with Crippen molar-refractivity contribution in [2.75, 3.05) is 0 Å². The molecule has 2 N–H and O–H groups in total. The third-order valence-corrected chi connectivity index (χ3v) is 1.70. The van der Waals surface area contributed by atoms with Crippen LogP contribution in [0.5, 0.6) is 0 Å². The topological polar surface area (TPSA) is 56.0 Å². The van der Waals surface area contributed by atoms with Gasteiger partial charge in [0.2, 0.25) is 5.91 Å². The lowest BCUT2D eigenvalue weighted by atomic mass is 10.3. The molecule has 13 heavy (non-hydrogen) atoms. The van der Waals surface area contributed by atoms with Crippen LogP contribution in [0.15, 0.2) is 24.5 Å². The van der Waals surface area contributed by atoms with Gasteiger partial charge in [-0.05, 0) is 30.9 Å². The molecule has 1 aromatic heterocycles. The van der Waals surface area contributed by atoms with Gasteiger partial charge in [-0.3, -0.25) is 9.78 Å². The molecule has 0 aliphatic heterocycles. The van der Waals surface area contributed by atoms with Crippen molar-refractivity contribution in [3.63, 3.8) is 0 Å². The maximum atomic E-state index is 10.4. The molecule has 0 unspecified atom stereocenters. The van der Waals surface area contributed by atoms with Crippen LogP contribution >= 0.6 is 0 Å². The van der Waals surface area contributed by atoms with Crippen LogP contribution in [0.2, 0.25) is 0 Å². The number of hydrogen-bond donors (Lipinski definition) is 1. The van der Waals surface area contributed by atoms with Crippen molar-refractivity contribution in [1.82, 2.24) is 4.98 Å². The standard InChI is InChI=1S/C6H6N2O.C4H7/c7-6(9)5-2-1-3-8-4-5;1-4-2-3-4/h1-4H,(H2,7,9);2-3H2,1H3. The lowest BCUT2D eigenvalue weighted by molar-refractivity contribution is 0.1000. The minimum Gasteiger partial charge on any atom is -0.366 e. The first-order valence-corrected chi connectivity index (χ1v) is 4.21. The molecule has 1 fully saturated rings. The Labute approximate surface area is 78.0 Å². The predicted octanol–water partition coefficient (Wildman–Crippen LogP) is 1.56. The molecule has 2 rings (SSSR count). The van der Waals surface area contributed by atoms with E-state index in [1.54, 1.807) is 24.2 Å². The van der Waals surface area contributed by atoms with Gasteiger partial charge in [-0.2, -0.15) is 0 Å². The largest absolute Gasteiger partial charge is 0.366 e. The highest BCUT2D eigenvalue weighted by Gasteiger charge is 2.13. The molecule has 1 aliphatic rings. The zero-order valence-electron chi connectivity index (χ0n) is 7.66. The Balaban J connectivity index is 0.000000175. The fraction of sp³-hybridized carbons (Fsp3) is 0.300. The second kappa shape index (κ2) is 4.60. The fourth-order valence-corrected chi connectivity index (χ4v) is 0.634. The molecular formula is C10H13N2O. The summed E-state index contributed by atoms with van der Waals surface area (Å²) < 4.78 is 0. The molecule has 69 valence electrons. The van der Waals surface area contributed by atoms with E-state index in [9.17, 15) is 4.79 Å². The van der Waals surface area contributed by atoms with E-state index in [0.29, 0.717) is 5.56 Å². The van der Waals surface area contributed by atoms with Crippen molar-refractivity contribution < 1.29 is 4.79 Å². The fourth-order valence-electron chi connectivity index (χ4n) is 0.634. The van der Waals surface area contributed by atoms with Gasteiger partial charge in [-0.15, -0.1) is 0 Å². The molecule has 0 saturated heterocycles. The van der Waals surface area contributed by atoms with Gasteiger partial charge in [0.05, 0.1) is 5.56 Å². The molecule has 1 heterocycles. The van der Waals surface area contributed by atoms with E-state index < -0.39 is 5.91 Å². The van der Waals surface area contributed by atoms with Crippen LogP contribution in [0, 0.1) is 5.92 Å². The van der Waals surface area contributed by atoms with Crippen molar-refractivity contribution >= 4 is 5.91 Å². The lowest BCUT2D eigenvalue weighted by Crippen LogP contribution is -2.10. The molecule has 0 bridgehead atoms. The van der Waals surface area contributed by atoms with E-state index in [1.807, 2.05) is 0 Å². The summed E-state index contributed by atoms with van der Waals surface area (Å²) in [4.78, 5) is 14.1. The number of rotatable bonds is 1. The van der Waals surface area contributed by atoms with Crippen LogP contribution in [0.25, 0.3) is 0 Å². The van der Waals surface area contributed by atoms with Crippen LogP contribution in [0.4, 0.5) is 0 Å². The van der Waals surface area contributed by atoms with Gasteiger partial charge < -0.3 is 5.73 Å². The van der Waals surface area contributed by atoms with E-state index in [1.165, 1.54) is 19.0 Å². The van der Waals surface area contributed by atoms with E-state index in [2.05, 4.69) is 11.9 Å². The number of primary amides is 1. The van der Waals surface area contributed by atoms with Crippen molar-refractivity contribution in [2.24, 2.45) is 5.73 Å². The van der Waals surface area contributed by atoms with Crippen molar-refractivity contribution in [3.8, 4) is 0 Å². The summed E-state index contributed by atoms with van der Waals surface area (Å²) in [5.41, 5.74) is 5.38. The van der Waals surface area contributed by atoms with Gasteiger partial charge in [0.25, 0.3) is 0 Å². The number of carbonyl (C=O) groups is 1. The van der Waals surface area contributed by atoms with Gasteiger partial charge in [0.1, 0.15) is 0 Å². The summed E-state index contributed by atoms with van der Waals surface area (Å²) in [6.07, 6.45) is 5.83. The number of nitrogens with two attached hydrogens (primary N) is 1. The molecule has 1 radical (unpaired) electrons. The van der Waals surface area contributed by atoms with Crippen molar-refractivity contribution in [3.05, 3.63) is 36.0 Å². The Kier molecular flexibility index (Phi) is 3.43. The van der Waals surface area contributed by atoms with E-state index in [0.717, 1.165) is 0 Å². The van der Waals surface area contributed by atoms with Crippen LogP contribution < -0.4 is 5.73 Å². The minimum absolute atomic E-state index is 0.442. The van der Waals surface area contributed by atoms with Crippen molar-refractivity contribution in [2.45, 2.75) is 19.8 Å². The lowest BCUT2D eigenvalue weighted by Gasteiger charge is -1.88. The Morgan fingerprint density at radius 1 is 1.54 bits per heavy atom. The molecule has 1 aliphatic carbocycles. The highest BCUT2D eigenvalue weighted by Crippen LogP contribution is 2.29. The smallest absolute Gasteiger partial charge is 0.250 e. The van der Waals surface area contributed by atoms with Gasteiger partial charge in [-0.25, -0.2) is 0 Å². The Hall–Kier alpha value is -1.38. The number of nitrogens with zero attached hydrogens (tertiary/aromatic N) is 1.